The summed E-state index contributed by atoms with van der Waals surface area (Å²) in [6.45, 7) is 0.356. The summed E-state index contributed by atoms with van der Waals surface area (Å²) in [5.74, 6) is 1.28. The zero-order valence-electron chi connectivity index (χ0n) is 19.0. The molecule has 0 saturated carbocycles. The highest BCUT2D eigenvalue weighted by Crippen LogP contribution is 2.40. The SMILES string of the molecule is COc1ccc(/C=C(/C(=O)NCc2ccccc2)c2cc(OC)c(OC)c(OC)c2)cc1O. The minimum Gasteiger partial charge on any atom is -0.504 e. The Hall–Kier alpha value is -4.13. The molecule has 0 aliphatic rings. The highest BCUT2D eigenvalue weighted by Gasteiger charge is 2.19. The molecule has 0 spiro atoms. The average Bonchev–Trinajstić information content (AvgIpc) is 2.85. The number of phenols is 1. The second-order valence-electron chi connectivity index (χ2n) is 7.07. The molecule has 7 nitrogen and oxygen atoms in total. The summed E-state index contributed by atoms with van der Waals surface area (Å²) in [5.41, 5.74) is 2.50. The molecule has 3 aromatic rings. The van der Waals surface area contributed by atoms with Crippen molar-refractivity contribution in [3.63, 3.8) is 0 Å². The number of ether oxygens (including phenoxy) is 4. The predicted molar refractivity (Wildman–Crippen MR) is 127 cm³/mol. The molecule has 3 aromatic carbocycles. The van der Waals surface area contributed by atoms with Crippen molar-refractivity contribution in [1.29, 1.82) is 0 Å². The molecule has 0 saturated heterocycles. The minimum absolute atomic E-state index is 0.0276. The van der Waals surface area contributed by atoms with Crippen molar-refractivity contribution < 1.29 is 28.8 Å². The largest absolute Gasteiger partial charge is 0.504 e. The van der Waals surface area contributed by atoms with Crippen LogP contribution in [0.15, 0.2) is 60.7 Å². The molecule has 0 aliphatic heterocycles. The third-order valence-electron chi connectivity index (χ3n) is 5.03. The van der Waals surface area contributed by atoms with Gasteiger partial charge in [-0.25, -0.2) is 0 Å². The molecule has 0 radical (unpaired) electrons. The summed E-state index contributed by atoms with van der Waals surface area (Å²) in [6.07, 6.45) is 1.68. The predicted octanol–water partition coefficient (Wildman–Crippen LogP) is 4.28. The molecular formula is C26H27NO6. The van der Waals surface area contributed by atoms with Gasteiger partial charge in [-0.05, 0) is 47.0 Å². The van der Waals surface area contributed by atoms with Crippen LogP contribution in [0.1, 0.15) is 16.7 Å². The first-order valence-electron chi connectivity index (χ1n) is 10.2. The molecule has 1 amide bonds. The molecule has 0 aliphatic carbocycles. The van der Waals surface area contributed by atoms with Crippen LogP contribution in [0.5, 0.6) is 28.7 Å². The van der Waals surface area contributed by atoms with Crippen LogP contribution in [0.25, 0.3) is 11.6 Å². The van der Waals surface area contributed by atoms with E-state index in [0.29, 0.717) is 46.2 Å². The van der Waals surface area contributed by atoms with Crippen LogP contribution < -0.4 is 24.3 Å². The number of benzene rings is 3. The van der Waals surface area contributed by atoms with E-state index in [2.05, 4.69) is 5.32 Å². The standard InChI is InChI=1S/C26H27NO6/c1-30-22-11-10-18(13-21(22)28)12-20(26(29)27-16-17-8-6-5-7-9-17)19-14-23(31-2)25(33-4)24(15-19)32-3/h5-15,28H,16H2,1-4H3,(H,27,29)/b20-12+. The van der Waals surface area contributed by atoms with E-state index in [1.165, 1.54) is 34.5 Å². The number of nitrogens with one attached hydrogen (secondary N) is 1. The quantitative estimate of drug-likeness (QED) is 0.375. The number of methoxy groups -OCH3 is 4. The Bertz CT molecular complexity index is 1120. The van der Waals surface area contributed by atoms with Gasteiger partial charge in [0.25, 0.3) is 5.91 Å². The molecule has 3 rings (SSSR count). The van der Waals surface area contributed by atoms with E-state index >= 15 is 0 Å². The van der Waals surface area contributed by atoms with Crippen LogP contribution >= 0.6 is 0 Å². The average molecular weight is 450 g/mol. The molecule has 33 heavy (non-hydrogen) atoms. The number of amides is 1. The molecule has 0 unspecified atom stereocenters. The third kappa shape index (κ3) is 5.57. The van der Waals surface area contributed by atoms with Crippen molar-refractivity contribution in [3.8, 4) is 28.7 Å². The van der Waals surface area contributed by atoms with E-state index in [-0.39, 0.29) is 11.7 Å². The molecule has 2 N–H and O–H groups in total. The fourth-order valence-corrected chi connectivity index (χ4v) is 3.35. The first kappa shape index (κ1) is 23.5. The molecule has 172 valence electrons. The van der Waals surface area contributed by atoms with E-state index in [9.17, 15) is 9.90 Å². The van der Waals surface area contributed by atoms with E-state index in [4.69, 9.17) is 18.9 Å². The van der Waals surface area contributed by atoms with E-state index in [0.717, 1.165) is 5.56 Å². The Morgan fingerprint density at radius 2 is 1.48 bits per heavy atom. The second kappa shape index (κ2) is 10.9. The number of carbonyl (C=O) groups excluding carboxylic acids is 1. The van der Waals surface area contributed by atoms with Crippen LogP contribution in [0.4, 0.5) is 0 Å². The number of aromatic hydroxyl groups is 1. The van der Waals surface area contributed by atoms with Gasteiger partial charge in [0.15, 0.2) is 23.0 Å². The van der Waals surface area contributed by atoms with Gasteiger partial charge in [-0.1, -0.05) is 36.4 Å². The number of carbonyl (C=O) groups is 1. The lowest BCUT2D eigenvalue weighted by molar-refractivity contribution is -0.115. The van der Waals surface area contributed by atoms with Crippen molar-refractivity contribution in [2.45, 2.75) is 6.54 Å². The number of phenolic OH excluding ortho intramolecular Hbond substituents is 1. The summed E-state index contributed by atoms with van der Waals surface area (Å²) < 4.78 is 21.4. The minimum atomic E-state index is -0.302. The lowest BCUT2D eigenvalue weighted by Gasteiger charge is -2.16. The van der Waals surface area contributed by atoms with Crippen molar-refractivity contribution in [2.75, 3.05) is 28.4 Å². The Morgan fingerprint density at radius 1 is 0.848 bits per heavy atom. The van der Waals surface area contributed by atoms with Crippen LogP contribution in [0, 0.1) is 0 Å². The molecule has 0 aromatic heterocycles. The van der Waals surface area contributed by atoms with Crippen molar-refractivity contribution in [2.24, 2.45) is 0 Å². The molecular weight excluding hydrogens is 422 g/mol. The van der Waals surface area contributed by atoms with Gasteiger partial charge in [0.2, 0.25) is 5.75 Å². The monoisotopic (exact) mass is 449 g/mol. The summed E-state index contributed by atoms with van der Waals surface area (Å²) in [4.78, 5) is 13.3. The Morgan fingerprint density at radius 3 is 2.03 bits per heavy atom. The Balaban J connectivity index is 2.06. The first-order chi connectivity index (χ1) is 16.0. The van der Waals surface area contributed by atoms with Crippen molar-refractivity contribution >= 4 is 17.6 Å². The fraction of sp³-hybridized carbons (Fsp3) is 0.192. The van der Waals surface area contributed by atoms with Gasteiger partial charge in [0.1, 0.15) is 0 Å². The third-order valence-corrected chi connectivity index (χ3v) is 5.03. The summed E-state index contributed by atoms with van der Waals surface area (Å²) in [5, 5.41) is 13.1. The lowest BCUT2D eigenvalue weighted by Crippen LogP contribution is -2.24. The van der Waals surface area contributed by atoms with Crippen LogP contribution in [-0.2, 0) is 11.3 Å². The van der Waals surface area contributed by atoms with Gasteiger partial charge < -0.3 is 29.4 Å². The molecule has 0 bridgehead atoms. The van der Waals surface area contributed by atoms with E-state index in [1.54, 1.807) is 30.3 Å². The van der Waals surface area contributed by atoms with Gasteiger partial charge in [-0.15, -0.1) is 0 Å². The maximum atomic E-state index is 13.3. The van der Waals surface area contributed by atoms with Gasteiger partial charge in [0.05, 0.1) is 28.4 Å². The van der Waals surface area contributed by atoms with Gasteiger partial charge in [0, 0.05) is 12.1 Å². The zero-order chi connectivity index (χ0) is 23.8. The Kier molecular flexibility index (Phi) is 7.81. The number of rotatable bonds is 9. The summed E-state index contributed by atoms with van der Waals surface area (Å²) in [7, 11) is 6.02. The zero-order valence-corrected chi connectivity index (χ0v) is 19.0. The summed E-state index contributed by atoms with van der Waals surface area (Å²) >= 11 is 0. The molecule has 7 heteroatoms. The molecule has 0 atom stereocenters. The smallest absolute Gasteiger partial charge is 0.252 e. The van der Waals surface area contributed by atoms with Gasteiger partial charge in [-0.2, -0.15) is 0 Å². The maximum Gasteiger partial charge on any atom is 0.252 e. The first-order valence-corrected chi connectivity index (χ1v) is 10.2. The maximum absolute atomic E-state index is 13.3. The van der Waals surface area contributed by atoms with Crippen LogP contribution in [0.3, 0.4) is 0 Å². The number of hydrogen-bond acceptors (Lipinski definition) is 6. The Labute approximate surface area is 193 Å². The van der Waals surface area contributed by atoms with Crippen molar-refractivity contribution in [1.82, 2.24) is 5.32 Å². The molecule has 0 heterocycles. The summed E-state index contributed by atoms with van der Waals surface area (Å²) in [6, 6.07) is 17.9. The van der Waals surface area contributed by atoms with Crippen LogP contribution in [0.2, 0.25) is 0 Å². The normalized spacial score (nSPS) is 11.0. The molecule has 0 fully saturated rings. The second-order valence-corrected chi connectivity index (χ2v) is 7.07. The van der Waals surface area contributed by atoms with Crippen LogP contribution in [-0.4, -0.2) is 39.5 Å². The fourth-order valence-electron chi connectivity index (χ4n) is 3.35. The number of hydrogen-bond donors (Lipinski definition) is 2. The highest BCUT2D eigenvalue weighted by atomic mass is 16.5. The van der Waals surface area contributed by atoms with E-state index in [1.807, 2.05) is 30.3 Å². The van der Waals surface area contributed by atoms with E-state index < -0.39 is 0 Å². The lowest BCUT2D eigenvalue weighted by atomic mass is 10.00. The highest BCUT2D eigenvalue weighted by molar-refractivity contribution is 6.24. The van der Waals surface area contributed by atoms with Gasteiger partial charge >= 0.3 is 0 Å². The van der Waals surface area contributed by atoms with Crippen molar-refractivity contribution in [3.05, 3.63) is 77.4 Å². The van der Waals surface area contributed by atoms with Gasteiger partial charge in [-0.3, -0.25) is 4.79 Å². The topological polar surface area (TPSA) is 86.3 Å².